The zero-order chi connectivity index (χ0) is 35.2. The van der Waals surface area contributed by atoms with Crippen molar-refractivity contribution in [1.29, 1.82) is 0 Å². The molecule has 3 heterocycles. The van der Waals surface area contributed by atoms with Crippen LogP contribution in [0.25, 0.3) is 38.8 Å². The Hall–Kier alpha value is -6.17. The van der Waals surface area contributed by atoms with E-state index in [-0.39, 0.29) is 5.41 Å². The Labute approximate surface area is 303 Å². The second-order valence-electron chi connectivity index (χ2n) is 15.0. The van der Waals surface area contributed by atoms with Crippen molar-refractivity contribution in [2.24, 2.45) is 0 Å². The molecule has 0 N–H and O–H groups in total. The first-order valence-corrected chi connectivity index (χ1v) is 18.0. The van der Waals surface area contributed by atoms with Gasteiger partial charge in [-0.15, -0.1) is 4.94 Å². The molecule has 10 rings (SSSR count). The lowest BCUT2D eigenvalue weighted by Gasteiger charge is -2.34. The van der Waals surface area contributed by atoms with Crippen molar-refractivity contribution < 1.29 is 4.94 Å². The summed E-state index contributed by atoms with van der Waals surface area (Å²) in [5.74, 6) is 0.924. The Kier molecular flexibility index (Phi) is 6.58. The van der Waals surface area contributed by atoms with Gasteiger partial charge >= 0.3 is 0 Å². The molecule has 0 amide bonds. The van der Waals surface area contributed by atoms with Crippen LogP contribution in [0.5, 0.6) is 0 Å². The van der Waals surface area contributed by atoms with Gasteiger partial charge in [-0.1, -0.05) is 124 Å². The van der Waals surface area contributed by atoms with Crippen LogP contribution in [0.1, 0.15) is 48.6 Å². The number of hydroxylamine groups is 1. The maximum Gasteiger partial charge on any atom is 0.137 e. The van der Waals surface area contributed by atoms with Gasteiger partial charge in [0.15, 0.2) is 0 Å². The molecule has 1 aliphatic heterocycles. The van der Waals surface area contributed by atoms with E-state index in [1.165, 1.54) is 49.7 Å². The van der Waals surface area contributed by atoms with E-state index >= 15 is 0 Å². The van der Waals surface area contributed by atoms with Crippen molar-refractivity contribution in [3.05, 3.63) is 186 Å². The molecule has 0 radical (unpaired) electrons. The number of hydrogen-bond acceptors (Lipinski definition) is 4. The van der Waals surface area contributed by atoms with Crippen molar-refractivity contribution in [3.63, 3.8) is 0 Å². The van der Waals surface area contributed by atoms with Crippen molar-refractivity contribution in [3.8, 4) is 16.9 Å². The lowest BCUT2D eigenvalue weighted by Crippen LogP contribution is -2.29. The molecule has 0 spiro atoms. The molecule has 52 heavy (non-hydrogen) atoms. The monoisotopic (exact) mass is 674 g/mol. The van der Waals surface area contributed by atoms with Crippen LogP contribution in [0, 0.1) is 0 Å². The van der Waals surface area contributed by atoms with Crippen LogP contribution < -0.4 is 10.1 Å². The molecule has 8 aromatic rings. The third-order valence-corrected chi connectivity index (χ3v) is 11.1. The summed E-state index contributed by atoms with van der Waals surface area (Å²) in [6.07, 6.45) is 1.95. The number of nitrogens with zero attached hydrogens (tertiary/aromatic N) is 4. The lowest BCUT2D eigenvalue weighted by atomic mass is 9.67. The molecule has 1 aliphatic carbocycles. The summed E-state index contributed by atoms with van der Waals surface area (Å²) in [5, 5.41) is 6.18. The zero-order valence-electron chi connectivity index (χ0n) is 29.7. The molecule has 2 aromatic heterocycles. The van der Waals surface area contributed by atoms with Crippen LogP contribution in [0.15, 0.2) is 158 Å². The molecular weight excluding hydrogens is 637 g/mol. The average Bonchev–Trinajstić information content (AvgIpc) is 3.80. The minimum absolute atomic E-state index is 0.0116. The highest BCUT2D eigenvalue weighted by Gasteiger charge is 2.46. The number of hydrogen-bond donors (Lipinski definition) is 0. The second-order valence-corrected chi connectivity index (χ2v) is 15.0. The smallest absolute Gasteiger partial charge is 0.137 e. The van der Waals surface area contributed by atoms with Gasteiger partial charge in [0.1, 0.15) is 5.82 Å². The van der Waals surface area contributed by atoms with E-state index in [0.717, 1.165) is 33.9 Å². The van der Waals surface area contributed by atoms with E-state index < -0.39 is 5.41 Å². The number of para-hydroxylation sites is 3. The van der Waals surface area contributed by atoms with E-state index in [1.807, 2.05) is 29.4 Å². The third kappa shape index (κ3) is 4.29. The zero-order valence-corrected chi connectivity index (χ0v) is 29.7. The lowest BCUT2D eigenvalue weighted by molar-refractivity contribution is 0.142. The highest BCUT2D eigenvalue weighted by Crippen LogP contribution is 2.57. The van der Waals surface area contributed by atoms with Gasteiger partial charge in [-0.3, -0.25) is 4.57 Å². The summed E-state index contributed by atoms with van der Waals surface area (Å²) in [7, 11) is 1.95. The van der Waals surface area contributed by atoms with Crippen LogP contribution in [-0.2, 0) is 15.8 Å². The van der Waals surface area contributed by atoms with Gasteiger partial charge in [-0.2, -0.15) is 5.06 Å². The van der Waals surface area contributed by atoms with Gasteiger partial charge in [0.2, 0.25) is 0 Å². The van der Waals surface area contributed by atoms with E-state index in [2.05, 4.69) is 171 Å². The first-order valence-electron chi connectivity index (χ1n) is 18.0. The summed E-state index contributed by atoms with van der Waals surface area (Å²) < 4.78 is 2.35. The van der Waals surface area contributed by atoms with Gasteiger partial charge in [-0.05, 0) is 92.9 Å². The fraction of sp³-hybridized carbons (Fsp3) is 0.128. The molecule has 5 heteroatoms. The largest absolute Gasteiger partial charge is 0.294 e. The molecule has 2 aliphatic rings. The molecule has 0 bridgehead atoms. The Morgan fingerprint density at radius 1 is 0.577 bits per heavy atom. The quantitative estimate of drug-likeness (QED) is 0.186. The fourth-order valence-corrected chi connectivity index (χ4v) is 8.65. The number of fused-ring (bicyclic) bond motifs is 7. The van der Waals surface area contributed by atoms with Crippen LogP contribution in [0.3, 0.4) is 0 Å². The summed E-state index contributed by atoms with van der Waals surface area (Å²) in [6.45, 7) is 6.77. The standard InChI is InChI=1S/C47H38N4O/c1-46(2,3)31-26-27-48-45(30-31)50-41-21-10-7-18-37(41)38-25-24-33(29-44(38)50)47(39-19-8-5-16-35(39)36-17-6-9-20-40(36)47)32-14-13-15-34(28-32)51-43-23-12-11-22-42(43)49(4)52-51/h5-30H,1-4H3. The molecule has 5 nitrogen and oxygen atoms in total. The van der Waals surface area contributed by atoms with Gasteiger partial charge in [0.05, 0.1) is 33.5 Å². The maximum atomic E-state index is 6.36. The van der Waals surface area contributed by atoms with Crippen LogP contribution in [-0.4, -0.2) is 16.6 Å². The third-order valence-electron chi connectivity index (χ3n) is 11.1. The number of benzene rings is 6. The average molecular weight is 675 g/mol. The first kappa shape index (κ1) is 30.6. The normalized spacial score (nSPS) is 14.5. The van der Waals surface area contributed by atoms with Gasteiger partial charge < -0.3 is 0 Å². The van der Waals surface area contributed by atoms with Gasteiger partial charge in [-0.25, -0.2) is 10.0 Å². The Balaban J connectivity index is 1.27. The van der Waals surface area contributed by atoms with E-state index in [1.54, 1.807) is 0 Å². The summed E-state index contributed by atoms with van der Waals surface area (Å²) in [5.41, 5.74) is 13.3. The SMILES string of the molecule is CN1ON(c2cccc(C3(c4ccc5c6ccccc6n(-c6cc(C(C)(C)C)ccn6)c5c4)c4ccccc4-c4ccccc43)c2)c2ccccc21. The fourth-order valence-electron chi connectivity index (χ4n) is 8.65. The first-order chi connectivity index (χ1) is 25.3. The molecule has 0 unspecified atom stereocenters. The summed E-state index contributed by atoms with van der Waals surface area (Å²) in [4.78, 5) is 11.3. The van der Waals surface area contributed by atoms with Crippen molar-refractivity contribution in [1.82, 2.24) is 9.55 Å². The predicted molar refractivity (Wildman–Crippen MR) is 213 cm³/mol. The molecule has 252 valence electrons. The predicted octanol–water partition coefficient (Wildman–Crippen LogP) is 11.3. The minimum Gasteiger partial charge on any atom is -0.294 e. The van der Waals surface area contributed by atoms with Crippen molar-refractivity contribution in [2.75, 3.05) is 17.2 Å². The van der Waals surface area contributed by atoms with Gasteiger partial charge in [0, 0.05) is 24.0 Å². The Bertz CT molecular complexity index is 2650. The highest BCUT2D eigenvalue weighted by atomic mass is 16.8. The topological polar surface area (TPSA) is 33.5 Å². The van der Waals surface area contributed by atoms with E-state index in [4.69, 9.17) is 9.92 Å². The minimum atomic E-state index is -0.607. The number of aromatic nitrogens is 2. The number of pyridine rings is 1. The van der Waals surface area contributed by atoms with Crippen LogP contribution >= 0.6 is 0 Å². The van der Waals surface area contributed by atoms with Crippen LogP contribution in [0.4, 0.5) is 17.1 Å². The number of rotatable bonds is 4. The van der Waals surface area contributed by atoms with E-state index in [0.29, 0.717) is 0 Å². The molecule has 0 atom stereocenters. The van der Waals surface area contributed by atoms with E-state index in [9.17, 15) is 0 Å². The maximum absolute atomic E-state index is 6.36. The summed E-state index contributed by atoms with van der Waals surface area (Å²) >= 11 is 0. The van der Waals surface area contributed by atoms with Crippen molar-refractivity contribution >= 4 is 38.9 Å². The molecular formula is C47H38N4O. The Morgan fingerprint density at radius 2 is 1.23 bits per heavy atom. The molecule has 0 saturated heterocycles. The Morgan fingerprint density at radius 3 is 2.00 bits per heavy atom. The summed E-state index contributed by atoms with van der Waals surface area (Å²) in [6, 6.07) is 55.2. The molecule has 6 aromatic carbocycles. The molecule has 0 saturated carbocycles. The second kappa shape index (κ2) is 11.2. The number of anilines is 3. The molecule has 0 fully saturated rings. The highest BCUT2D eigenvalue weighted by molar-refractivity contribution is 6.09. The van der Waals surface area contributed by atoms with Crippen molar-refractivity contribution in [2.45, 2.75) is 31.6 Å². The van der Waals surface area contributed by atoms with Gasteiger partial charge in [0.25, 0.3) is 0 Å². The van der Waals surface area contributed by atoms with Crippen LogP contribution in [0.2, 0.25) is 0 Å².